The zero-order valence-electron chi connectivity index (χ0n) is 9.23. The Morgan fingerprint density at radius 1 is 1.47 bits per heavy atom. The van der Waals surface area contributed by atoms with Crippen molar-refractivity contribution in [1.82, 2.24) is 9.97 Å². The van der Waals surface area contributed by atoms with Gasteiger partial charge in [0.05, 0.1) is 6.10 Å². The van der Waals surface area contributed by atoms with Gasteiger partial charge in [0.2, 0.25) is 0 Å². The lowest BCUT2D eigenvalue weighted by atomic mass is 10.2. The van der Waals surface area contributed by atoms with Crippen LogP contribution in [0.3, 0.4) is 0 Å². The molecule has 0 spiro atoms. The third-order valence-electron chi connectivity index (χ3n) is 2.70. The molecule has 1 aliphatic rings. The minimum Gasteiger partial charge on any atom is -0.384 e. The van der Waals surface area contributed by atoms with Gasteiger partial charge in [-0.3, -0.25) is 0 Å². The molecule has 1 aromatic rings. The van der Waals surface area contributed by atoms with E-state index in [1.165, 1.54) is 0 Å². The van der Waals surface area contributed by atoms with Gasteiger partial charge < -0.3 is 10.5 Å². The molecule has 0 radical (unpaired) electrons. The third kappa shape index (κ3) is 2.26. The Morgan fingerprint density at radius 3 is 2.87 bits per heavy atom. The molecule has 2 heterocycles. The van der Waals surface area contributed by atoms with Crippen molar-refractivity contribution in [2.75, 3.05) is 5.73 Å². The Bertz CT molecular complexity index is 354. The van der Waals surface area contributed by atoms with Gasteiger partial charge in [0.15, 0.2) is 5.82 Å². The van der Waals surface area contributed by atoms with E-state index < -0.39 is 0 Å². The lowest BCUT2D eigenvalue weighted by Crippen LogP contribution is -2.09. The summed E-state index contributed by atoms with van der Waals surface area (Å²) in [6.07, 6.45) is 3.29. The maximum atomic E-state index is 5.73. The number of anilines is 1. The van der Waals surface area contributed by atoms with E-state index in [1.807, 2.05) is 6.07 Å². The number of aryl methyl sites for hydroxylation is 1. The molecule has 0 bridgehead atoms. The summed E-state index contributed by atoms with van der Waals surface area (Å²) in [5.41, 5.74) is 6.72. The number of nitrogens with zero attached hydrogens (tertiary/aromatic N) is 2. The van der Waals surface area contributed by atoms with Crippen molar-refractivity contribution < 1.29 is 4.74 Å². The molecule has 0 aliphatic carbocycles. The molecule has 2 N–H and O–H groups in total. The molecule has 2 atom stereocenters. The molecule has 1 aromatic heterocycles. The quantitative estimate of drug-likeness (QED) is 0.804. The van der Waals surface area contributed by atoms with Gasteiger partial charge in [0, 0.05) is 11.8 Å². The van der Waals surface area contributed by atoms with Crippen molar-refractivity contribution in [3.05, 3.63) is 17.6 Å². The van der Waals surface area contributed by atoms with Crippen molar-refractivity contribution in [3.63, 3.8) is 0 Å². The van der Waals surface area contributed by atoms with Crippen molar-refractivity contribution in [2.45, 2.75) is 45.3 Å². The van der Waals surface area contributed by atoms with Crippen LogP contribution in [0.2, 0.25) is 0 Å². The fraction of sp³-hybridized carbons (Fsp3) is 0.636. The SMILES string of the molecule is CCc1cc(N)nc(C2CCC(C)O2)n1. The van der Waals surface area contributed by atoms with Crippen LogP contribution in [0, 0.1) is 0 Å². The molecule has 4 nitrogen and oxygen atoms in total. The molecule has 1 saturated heterocycles. The summed E-state index contributed by atoms with van der Waals surface area (Å²) in [7, 11) is 0. The minimum absolute atomic E-state index is 0.0359. The molecule has 0 amide bonds. The molecular weight excluding hydrogens is 190 g/mol. The van der Waals surface area contributed by atoms with Gasteiger partial charge in [-0.15, -0.1) is 0 Å². The predicted octanol–water partition coefficient (Wildman–Crippen LogP) is 1.86. The fourth-order valence-electron chi connectivity index (χ4n) is 1.86. The molecule has 1 aliphatic heterocycles. The predicted molar refractivity (Wildman–Crippen MR) is 58.3 cm³/mol. The first-order valence-corrected chi connectivity index (χ1v) is 5.48. The van der Waals surface area contributed by atoms with Crippen molar-refractivity contribution in [2.24, 2.45) is 0 Å². The summed E-state index contributed by atoms with van der Waals surface area (Å²) in [5.74, 6) is 1.29. The van der Waals surface area contributed by atoms with Gasteiger partial charge in [-0.1, -0.05) is 6.92 Å². The minimum atomic E-state index is 0.0359. The van der Waals surface area contributed by atoms with E-state index in [1.54, 1.807) is 0 Å². The van der Waals surface area contributed by atoms with Crippen LogP contribution in [-0.2, 0) is 11.2 Å². The monoisotopic (exact) mass is 207 g/mol. The van der Waals surface area contributed by atoms with Crippen LogP contribution in [0.5, 0.6) is 0 Å². The molecule has 2 unspecified atom stereocenters. The second kappa shape index (κ2) is 4.14. The Balaban J connectivity index is 2.24. The number of rotatable bonds is 2. The summed E-state index contributed by atoms with van der Waals surface area (Å²) in [6, 6.07) is 1.82. The zero-order valence-corrected chi connectivity index (χ0v) is 9.23. The molecule has 0 saturated carbocycles. The van der Waals surface area contributed by atoms with Crippen molar-refractivity contribution >= 4 is 5.82 Å². The Morgan fingerprint density at radius 2 is 2.27 bits per heavy atom. The second-order valence-corrected chi connectivity index (χ2v) is 4.01. The number of aromatic nitrogens is 2. The van der Waals surface area contributed by atoms with Crippen LogP contribution in [0.1, 0.15) is 44.3 Å². The maximum Gasteiger partial charge on any atom is 0.159 e. The van der Waals surface area contributed by atoms with Crippen LogP contribution < -0.4 is 5.73 Å². The highest BCUT2D eigenvalue weighted by atomic mass is 16.5. The first kappa shape index (κ1) is 10.4. The smallest absolute Gasteiger partial charge is 0.159 e. The maximum absolute atomic E-state index is 5.73. The van der Waals surface area contributed by atoms with Crippen LogP contribution in [0.25, 0.3) is 0 Å². The Labute approximate surface area is 89.9 Å². The molecular formula is C11H17N3O. The normalized spacial score (nSPS) is 25.7. The number of nitrogen functional groups attached to an aromatic ring is 1. The number of hydrogen-bond acceptors (Lipinski definition) is 4. The van der Waals surface area contributed by atoms with E-state index >= 15 is 0 Å². The lowest BCUT2D eigenvalue weighted by molar-refractivity contribution is 0.0502. The molecule has 0 aromatic carbocycles. The molecule has 2 rings (SSSR count). The van der Waals surface area contributed by atoms with Crippen LogP contribution in [-0.4, -0.2) is 16.1 Å². The first-order valence-electron chi connectivity index (χ1n) is 5.48. The van der Waals surface area contributed by atoms with E-state index in [0.29, 0.717) is 11.9 Å². The van der Waals surface area contributed by atoms with E-state index in [4.69, 9.17) is 10.5 Å². The van der Waals surface area contributed by atoms with E-state index in [-0.39, 0.29) is 6.10 Å². The molecule has 1 fully saturated rings. The van der Waals surface area contributed by atoms with Gasteiger partial charge in [-0.05, 0) is 26.2 Å². The van der Waals surface area contributed by atoms with Gasteiger partial charge in [0.1, 0.15) is 11.9 Å². The van der Waals surface area contributed by atoms with Crippen molar-refractivity contribution in [3.8, 4) is 0 Å². The largest absolute Gasteiger partial charge is 0.384 e. The highest BCUT2D eigenvalue weighted by Crippen LogP contribution is 2.30. The van der Waals surface area contributed by atoms with E-state index in [0.717, 1.165) is 30.8 Å². The number of hydrogen-bond donors (Lipinski definition) is 1. The van der Waals surface area contributed by atoms with E-state index in [2.05, 4.69) is 23.8 Å². The summed E-state index contributed by atoms with van der Waals surface area (Å²) in [6.45, 7) is 4.14. The number of nitrogens with two attached hydrogens (primary N) is 1. The number of ether oxygens (including phenoxy) is 1. The van der Waals surface area contributed by atoms with Crippen molar-refractivity contribution in [1.29, 1.82) is 0 Å². The average Bonchev–Trinajstić information content (AvgIpc) is 2.64. The van der Waals surface area contributed by atoms with Crippen LogP contribution in [0.4, 0.5) is 5.82 Å². The van der Waals surface area contributed by atoms with Gasteiger partial charge in [-0.25, -0.2) is 9.97 Å². The highest BCUT2D eigenvalue weighted by molar-refractivity contribution is 5.30. The van der Waals surface area contributed by atoms with Crippen LogP contribution in [0.15, 0.2) is 6.07 Å². The zero-order chi connectivity index (χ0) is 10.8. The standard InChI is InChI=1S/C11H17N3O/c1-3-8-6-10(12)14-11(13-8)9-5-4-7(2)15-9/h6-7,9H,3-5H2,1-2H3,(H2,12,13,14). The molecule has 82 valence electrons. The Hall–Kier alpha value is -1.16. The average molecular weight is 207 g/mol. The van der Waals surface area contributed by atoms with E-state index in [9.17, 15) is 0 Å². The van der Waals surface area contributed by atoms with Crippen LogP contribution >= 0.6 is 0 Å². The summed E-state index contributed by atoms with van der Waals surface area (Å²) < 4.78 is 5.72. The molecule has 15 heavy (non-hydrogen) atoms. The van der Waals surface area contributed by atoms with Gasteiger partial charge in [-0.2, -0.15) is 0 Å². The van der Waals surface area contributed by atoms with Gasteiger partial charge in [0.25, 0.3) is 0 Å². The summed E-state index contributed by atoms with van der Waals surface area (Å²) >= 11 is 0. The highest BCUT2D eigenvalue weighted by Gasteiger charge is 2.25. The summed E-state index contributed by atoms with van der Waals surface area (Å²) in [4.78, 5) is 8.69. The Kier molecular flexibility index (Phi) is 2.86. The third-order valence-corrected chi connectivity index (χ3v) is 2.70. The topological polar surface area (TPSA) is 61.0 Å². The second-order valence-electron chi connectivity index (χ2n) is 4.01. The first-order chi connectivity index (χ1) is 7.19. The molecule has 4 heteroatoms. The van der Waals surface area contributed by atoms with Gasteiger partial charge >= 0.3 is 0 Å². The fourth-order valence-corrected chi connectivity index (χ4v) is 1.86. The summed E-state index contributed by atoms with van der Waals surface area (Å²) in [5, 5.41) is 0. The lowest BCUT2D eigenvalue weighted by Gasteiger charge is -2.11.